The average Bonchev–Trinajstić information content (AvgIpc) is 3.29. The van der Waals surface area contributed by atoms with E-state index in [-0.39, 0.29) is 11.9 Å². The maximum Gasteiger partial charge on any atom is 0.243 e. The van der Waals surface area contributed by atoms with Crippen molar-refractivity contribution in [2.75, 3.05) is 21.7 Å². The van der Waals surface area contributed by atoms with E-state index >= 15 is 0 Å². The molecule has 0 radical (unpaired) electrons. The number of nitrogens with zero attached hydrogens (tertiary/aromatic N) is 1. The molecule has 0 bridgehead atoms. The number of carbonyl (C=O) groups is 3. The lowest BCUT2D eigenvalue weighted by molar-refractivity contribution is -0.125. The number of benzene rings is 2. The van der Waals surface area contributed by atoms with Crippen LogP contribution < -0.4 is 15.5 Å². The molecular formula is C26H32FN3O4S. The van der Waals surface area contributed by atoms with Gasteiger partial charge in [-0.25, -0.2) is 4.39 Å². The molecule has 1 aliphatic rings. The highest BCUT2D eigenvalue weighted by molar-refractivity contribution is 7.86. The van der Waals surface area contributed by atoms with E-state index in [1.54, 1.807) is 13.0 Å². The van der Waals surface area contributed by atoms with Crippen molar-refractivity contribution in [2.24, 2.45) is 0 Å². The number of hydrogen-bond donors (Lipinski definition) is 2. The van der Waals surface area contributed by atoms with Gasteiger partial charge < -0.3 is 10.6 Å². The number of nitrogens with one attached hydrogen (secondary N) is 2. The monoisotopic (exact) mass is 501 g/mol. The van der Waals surface area contributed by atoms with Gasteiger partial charge in [-0.05, 0) is 69.5 Å². The molecule has 2 aromatic rings. The van der Waals surface area contributed by atoms with Crippen molar-refractivity contribution in [3.8, 4) is 0 Å². The molecule has 35 heavy (non-hydrogen) atoms. The normalized spacial score (nSPS) is 15.3. The van der Waals surface area contributed by atoms with Gasteiger partial charge in [0.15, 0.2) is 0 Å². The molecule has 0 heterocycles. The Hall–Kier alpha value is -3.07. The largest absolute Gasteiger partial charge is 0.352 e. The highest BCUT2D eigenvalue weighted by atomic mass is 32.2. The Morgan fingerprint density at radius 2 is 1.71 bits per heavy atom. The highest BCUT2D eigenvalue weighted by Crippen LogP contribution is 2.25. The van der Waals surface area contributed by atoms with Gasteiger partial charge in [-0.15, -0.1) is 0 Å². The molecule has 0 saturated heterocycles. The number of halogens is 1. The van der Waals surface area contributed by atoms with E-state index in [9.17, 15) is 23.0 Å². The molecule has 1 fully saturated rings. The standard InChI is InChI=1S/C26H32FN3O4S/c1-17-8-13-23(18(2)14-17)30(19(3)26(33)29-21-6-4-5-7-21)25(32)16-35(34)15-24(31)28-22-11-9-20(27)10-12-22/h8-14,19,21H,4-7,15-16H2,1-3H3,(H,28,31)(H,29,33). The molecule has 0 spiro atoms. The zero-order valence-corrected chi connectivity index (χ0v) is 21.1. The van der Waals surface area contributed by atoms with E-state index in [1.165, 1.54) is 29.2 Å². The summed E-state index contributed by atoms with van der Waals surface area (Å²) < 4.78 is 25.7. The van der Waals surface area contributed by atoms with Crippen molar-refractivity contribution in [3.05, 3.63) is 59.4 Å². The number of aryl methyl sites for hydroxylation is 2. The van der Waals surface area contributed by atoms with Crippen LogP contribution >= 0.6 is 0 Å². The predicted molar refractivity (Wildman–Crippen MR) is 136 cm³/mol. The van der Waals surface area contributed by atoms with Crippen molar-refractivity contribution in [1.29, 1.82) is 0 Å². The third-order valence-corrected chi connectivity index (χ3v) is 7.21. The molecule has 0 aliphatic heterocycles. The first-order chi connectivity index (χ1) is 16.6. The Morgan fingerprint density at radius 1 is 1.06 bits per heavy atom. The Morgan fingerprint density at radius 3 is 2.34 bits per heavy atom. The first-order valence-corrected chi connectivity index (χ1v) is 13.2. The molecule has 1 aliphatic carbocycles. The van der Waals surface area contributed by atoms with Crippen molar-refractivity contribution in [2.45, 2.75) is 58.5 Å². The fourth-order valence-corrected chi connectivity index (χ4v) is 5.16. The fraction of sp³-hybridized carbons (Fsp3) is 0.423. The molecule has 2 aromatic carbocycles. The Balaban J connectivity index is 1.71. The quantitative estimate of drug-likeness (QED) is 0.549. The van der Waals surface area contributed by atoms with Crippen LogP contribution in [0.1, 0.15) is 43.7 Å². The zero-order chi connectivity index (χ0) is 25.5. The van der Waals surface area contributed by atoms with Gasteiger partial charge in [-0.3, -0.25) is 23.5 Å². The van der Waals surface area contributed by atoms with Crippen molar-refractivity contribution < 1.29 is 23.0 Å². The third-order valence-electron chi connectivity index (χ3n) is 6.05. The topological polar surface area (TPSA) is 95.6 Å². The van der Waals surface area contributed by atoms with Crippen LogP contribution in [0.4, 0.5) is 15.8 Å². The summed E-state index contributed by atoms with van der Waals surface area (Å²) >= 11 is 0. The summed E-state index contributed by atoms with van der Waals surface area (Å²) in [5.41, 5.74) is 2.78. The molecule has 3 rings (SSSR count). The molecule has 3 amide bonds. The lowest BCUT2D eigenvalue weighted by atomic mass is 10.1. The van der Waals surface area contributed by atoms with E-state index in [1.807, 2.05) is 26.0 Å². The number of amides is 3. The molecule has 9 heteroatoms. The summed E-state index contributed by atoms with van der Waals surface area (Å²) in [6.45, 7) is 5.46. The molecule has 2 unspecified atom stereocenters. The van der Waals surface area contributed by atoms with Crippen LogP contribution in [0.25, 0.3) is 0 Å². The molecular weight excluding hydrogens is 469 g/mol. The van der Waals surface area contributed by atoms with E-state index in [0.717, 1.165) is 36.8 Å². The first kappa shape index (κ1) is 26.5. The predicted octanol–water partition coefficient (Wildman–Crippen LogP) is 3.61. The number of carbonyl (C=O) groups excluding carboxylic acids is 3. The maximum atomic E-state index is 13.3. The molecule has 188 valence electrons. The Labute approximate surface area is 207 Å². The van der Waals surface area contributed by atoms with Crippen LogP contribution in [0.2, 0.25) is 0 Å². The summed E-state index contributed by atoms with van der Waals surface area (Å²) in [5.74, 6) is -2.55. The fourth-order valence-electron chi connectivity index (χ4n) is 4.28. The van der Waals surface area contributed by atoms with E-state index < -0.39 is 46.0 Å². The third kappa shape index (κ3) is 7.45. The summed E-state index contributed by atoms with van der Waals surface area (Å²) in [5, 5.41) is 5.58. The van der Waals surface area contributed by atoms with Gasteiger partial charge in [0.1, 0.15) is 23.4 Å². The summed E-state index contributed by atoms with van der Waals surface area (Å²) in [4.78, 5) is 40.0. The van der Waals surface area contributed by atoms with Crippen LogP contribution in [0.15, 0.2) is 42.5 Å². The molecule has 2 N–H and O–H groups in total. The smallest absolute Gasteiger partial charge is 0.243 e. The van der Waals surface area contributed by atoms with Crippen molar-refractivity contribution in [3.63, 3.8) is 0 Å². The Kier molecular flexibility index (Phi) is 9.14. The van der Waals surface area contributed by atoms with Gasteiger partial charge in [0.2, 0.25) is 17.7 Å². The highest BCUT2D eigenvalue weighted by Gasteiger charge is 2.31. The maximum absolute atomic E-state index is 13.3. The van der Waals surface area contributed by atoms with Gasteiger partial charge in [0, 0.05) is 28.2 Å². The zero-order valence-electron chi connectivity index (χ0n) is 20.3. The van der Waals surface area contributed by atoms with E-state index in [0.29, 0.717) is 11.4 Å². The SMILES string of the molecule is Cc1ccc(N(C(=O)CS(=O)CC(=O)Nc2ccc(F)cc2)C(C)C(=O)NC2CCCC2)c(C)c1. The second kappa shape index (κ2) is 12.1. The number of anilines is 2. The van der Waals surface area contributed by atoms with Gasteiger partial charge in [0.05, 0.1) is 0 Å². The van der Waals surface area contributed by atoms with Gasteiger partial charge >= 0.3 is 0 Å². The second-order valence-corrected chi connectivity index (χ2v) is 10.5. The molecule has 2 atom stereocenters. The van der Waals surface area contributed by atoms with Crippen LogP contribution in [-0.4, -0.2) is 45.5 Å². The molecule has 0 aromatic heterocycles. The van der Waals surface area contributed by atoms with Crippen molar-refractivity contribution >= 4 is 39.9 Å². The molecule has 1 saturated carbocycles. The van der Waals surface area contributed by atoms with Crippen LogP contribution in [0.5, 0.6) is 0 Å². The van der Waals surface area contributed by atoms with Gasteiger partial charge in [-0.1, -0.05) is 30.5 Å². The summed E-state index contributed by atoms with van der Waals surface area (Å²) in [7, 11) is -1.81. The average molecular weight is 502 g/mol. The van der Waals surface area contributed by atoms with Crippen LogP contribution in [-0.2, 0) is 25.2 Å². The number of hydrogen-bond acceptors (Lipinski definition) is 4. The lowest BCUT2D eigenvalue weighted by Crippen LogP contribution is -2.51. The Bertz CT molecular complexity index is 1100. The first-order valence-electron chi connectivity index (χ1n) is 11.7. The van der Waals surface area contributed by atoms with E-state index in [4.69, 9.17) is 0 Å². The minimum Gasteiger partial charge on any atom is -0.352 e. The summed E-state index contributed by atoms with van der Waals surface area (Å²) in [6.07, 6.45) is 3.97. The summed E-state index contributed by atoms with van der Waals surface area (Å²) in [6, 6.07) is 10.1. The van der Waals surface area contributed by atoms with Gasteiger partial charge in [-0.2, -0.15) is 0 Å². The van der Waals surface area contributed by atoms with Crippen LogP contribution in [0, 0.1) is 19.7 Å². The molecule has 7 nitrogen and oxygen atoms in total. The van der Waals surface area contributed by atoms with E-state index in [2.05, 4.69) is 10.6 Å². The minimum atomic E-state index is -1.81. The minimum absolute atomic E-state index is 0.102. The van der Waals surface area contributed by atoms with Gasteiger partial charge in [0.25, 0.3) is 0 Å². The van der Waals surface area contributed by atoms with Crippen LogP contribution in [0.3, 0.4) is 0 Å². The van der Waals surface area contributed by atoms with Crippen molar-refractivity contribution in [1.82, 2.24) is 5.32 Å². The number of rotatable bonds is 9. The second-order valence-electron chi connectivity index (χ2n) is 9.00. The lowest BCUT2D eigenvalue weighted by Gasteiger charge is -2.31.